The van der Waals surface area contributed by atoms with Crippen molar-refractivity contribution < 1.29 is 9.59 Å². The molecule has 152 valence electrons. The lowest BCUT2D eigenvalue weighted by molar-refractivity contribution is -0.125. The van der Waals surface area contributed by atoms with Crippen LogP contribution < -0.4 is 16.3 Å². The van der Waals surface area contributed by atoms with Crippen LogP contribution in [0.2, 0.25) is 0 Å². The number of hydrogen-bond donors (Lipinski definition) is 2. The molecule has 1 aliphatic carbocycles. The number of carbonyl (C=O) groups excluding carboxylic acids is 2. The molecule has 0 saturated heterocycles. The molecule has 0 spiro atoms. The van der Waals surface area contributed by atoms with Gasteiger partial charge in [0.05, 0.1) is 5.52 Å². The number of aryl methyl sites for hydroxylation is 2. The Bertz CT molecular complexity index is 908. The first kappa shape index (κ1) is 20.1. The van der Waals surface area contributed by atoms with E-state index in [-0.39, 0.29) is 36.4 Å². The number of amides is 2. The molecule has 8 nitrogen and oxygen atoms in total. The van der Waals surface area contributed by atoms with Gasteiger partial charge in [-0.25, -0.2) is 9.78 Å². The van der Waals surface area contributed by atoms with Gasteiger partial charge in [0.2, 0.25) is 11.8 Å². The Morgan fingerprint density at radius 1 is 1.04 bits per heavy atom. The number of aromatic nitrogens is 3. The number of fused-ring (bicyclic) bond motifs is 1. The van der Waals surface area contributed by atoms with E-state index in [0.717, 1.165) is 31.2 Å². The molecule has 8 heteroatoms. The largest absolute Gasteiger partial charge is 0.353 e. The van der Waals surface area contributed by atoms with Crippen molar-refractivity contribution in [1.29, 1.82) is 0 Å². The fourth-order valence-electron chi connectivity index (χ4n) is 3.83. The number of imidazole rings is 1. The standard InChI is InChI=1S/C20H29N5O3/c1-3-24-15-10-11-16(23-19(15)25(4-2)20(24)28)22-18(27)13-12-17(26)21-14-8-6-5-7-9-14/h10-11,14H,3-9,12-13H2,1-2H3,(H,21,26)(H,22,23,27). The van der Waals surface area contributed by atoms with Crippen LogP contribution in [0.1, 0.15) is 58.8 Å². The molecule has 1 saturated carbocycles. The summed E-state index contributed by atoms with van der Waals surface area (Å²) in [6, 6.07) is 3.74. The fraction of sp³-hybridized carbons (Fsp3) is 0.600. The van der Waals surface area contributed by atoms with Crippen LogP contribution >= 0.6 is 0 Å². The number of nitrogens with zero attached hydrogens (tertiary/aromatic N) is 3. The third-order valence-electron chi connectivity index (χ3n) is 5.31. The Kier molecular flexibility index (Phi) is 6.49. The maximum absolute atomic E-state index is 12.4. The molecule has 2 heterocycles. The summed E-state index contributed by atoms with van der Waals surface area (Å²) >= 11 is 0. The Balaban J connectivity index is 1.60. The van der Waals surface area contributed by atoms with Crippen molar-refractivity contribution in [2.45, 2.75) is 77.9 Å². The van der Waals surface area contributed by atoms with Gasteiger partial charge in [-0.05, 0) is 38.8 Å². The zero-order chi connectivity index (χ0) is 20.1. The SMILES string of the molecule is CCn1c(=O)n(CC)c2nc(NC(=O)CCC(=O)NC3CCCCC3)ccc21. The molecule has 3 rings (SSSR count). The van der Waals surface area contributed by atoms with Crippen molar-refractivity contribution >= 4 is 28.8 Å². The Morgan fingerprint density at radius 2 is 1.71 bits per heavy atom. The number of nitrogens with one attached hydrogen (secondary N) is 2. The summed E-state index contributed by atoms with van der Waals surface area (Å²) in [5.41, 5.74) is 1.21. The molecule has 0 aliphatic heterocycles. The second-order valence-electron chi connectivity index (χ2n) is 7.26. The molecule has 2 N–H and O–H groups in total. The molecule has 0 bridgehead atoms. The summed E-state index contributed by atoms with van der Waals surface area (Å²) < 4.78 is 3.25. The molecule has 2 aromatic rings. The maximum Gasteiger partial charge on any atom is 0.330 e. The molecule has 2 aromatic heterocycles. The molecule has 28 heavy (non-hydrogen) atoms. The van der Waals surface area contributed by atoms with Gasteiger partial charge in [-0.15, -0.1) is 0 Å². The van der Waals surface area contributed by atoms with Gasteiger partial charge in [0.15, 0.2) is 5.65 Å². The van der Waals surface area contributed by atoms with Crippen molar-refractivity contribution in [1.82, 2.24) is 19.4 Å². The van der Waals surface area contributed by atoms with Crippen molar-refractivity contribution in [2.75, 3.05) is 5.32 Å². The van der Waals surface area contributed by atoms with E-state index in [1.54, 1.807) is 21.3 Å². The zero-order valence-corrected chi connectivity index (χ0v) is 16.7. The van der Waals surface area contributed by atoms with Crippen LogP contribution in [0, 0.1) is 0 Å². The Labute approximate surface area is 164 Å². The monoisotopic (exact) mass is 387 g/mol. The maximum atomic E-state index is 12.4. The summed E-state index contributed by atoms with van der Waals surface area (Å²) in [4.78, 5) is 41.1. The van der Waals surface area contributed by atoms with E-state index in [0.29, 0.717) is 24.6 Å². The first-order valence-electron chi connectivity index (χ1n) is 10.2. The second kappa shape index (κ2) is 9.03. The number of rotatable bonds is 7. The van der Waals surface area contributed by atoms with Crippen LogP contribution in [0.5, 0.6) is 0 Å². The molecule has 0 radical (unpaired) electrons. The molecular weight excluding hydrogens is 358 g/mol. The van der Waals surface area contributed by atoms with Crippen molar-refractivity contribution in [3.8, 4) is 0 Å². The summed E-state index contributed by atoms with van der Waals surface area (Å²) in [6.45, 7) is 4.87. The average molecular weight is 387 g/mol. The summed E-state index contributed by atoms with van der Waals surface area (Å²) in [5.74, 6) is 0.0527. The van der Waals surface area contributed by atoms with Crippen LogP contribution in [0.3, 0.4) is 0 Å². The minimum absolute atomic E-state index is 0.0784. The van der Waals surface area contributed by atoms with Crippen molar-refractivity contribution in [2.24, 2.45) is 0 Å². The van der Waals surface area contributed by atoms with Gasteiger partial charge in [0.1, 0.15) is 5.82 Å². The second-order valence-corrected chi connectivity index (χ2v) is 7.26. The van der Waals surface area contributed by atoms with Gasteiger partial charge in [0.25, 0.3) is 0 Å². The van der Waals surface area contributed by atoms with E-state index < -0.39 is 0 Å². The highest BCUT2D eigenvalue weighted by Gasteiger charge is 2.17. The van der Waals surface area contributed by atoms with Crippen LogP contribution in [0.15, 0.2) is 16.9 Å². The van der Waals surface area contributed by atoms with E-state index in [1.165, 1.54) is 6.42 Å². The van der Waals surface area contributed by atoms with Crippen molar-refractivity contribution in [3.05, 3.63) is 22.6 Å². The molecule has 2 amide bonds. The molecule has 1 aliphatic rings. The van der Waals surface area contributed by atoms with Crippen molar-refractivity contribution in [3.63, 3.8) is 0 Å². The average Bonchev–Trinajstić information content (AvgIpc) is 2.97. The normalized spacial score (nSPS) is 14.9. The number of pyridine rings is 1. The van der Waals surface area contributed by atoms with E-state index in [4.69, 9.17) is 0 Å². The van der Waals surface area contributed by atoms with Gasteiger partial charge in [0, 0.05) is 32.0 Å². The topological polar surface area (TPSA) is 98.0 Å². The lowest BCUT2D eigenvalue weighted by atomic mass is 9.95. The predicted octanol–water partition coefficient (Wildman–Crippen LogP) is 2.41. The molecule has 0 unspecified atom stereocenters. The molecule has 0 aromatic carbocycles. The van der Waals surface area contributed by atoms with E-state index in [9.17, 15) is 14.4 Å². The third kappa shape index (κ3) is 4.43. The van der Waals surface area contributed by atoms with Gasteiger partial charge < -0.3 is 10.6 Å². The van der Waals surface area contributed by atoms with Gasteiger partial charge >= 0.3 is 5.69 Å². The third-order valence-corrected chi connectivity index (χ3v) is 5.31. The molecular formula is C20H29N5O3. The molecule has 0 atom stereocenters. The zero-order valence-electron chi connectivity index (χ0n) is 16.7. The minimum atomic E-state index is -0.258. The predicted molar refractivity (Wildman–Crippen MR) is 108 cm³/mol. The molecule has 1 fully saturated rings. The van der Waals surface area contributed by atoms with Gasteiger partial charge in [-0.2, -0.15) is 0 Å². The Hall–Kier alpha value is -2.64. The highest BCUT2D eigenvalue weighted by atomic mass is 16.2. The minimum Gasteiger partial charge on any atom is -0.353 e. The quantitative estimate of drug-likeness (QED) is 0.762. The van der Waals surface area contributed by atoms with E-state index in [2.05, 4.69) is 15.6 Å². The van der Waals surface area contributed by atoms with E-state index >= 15 is 0 Å². The lowest BCUT2D eigenvalue weighted by Crippen LogP contribution is -2.36. The highest BCUT2D eigenvalue weighted by molar-refractivity contribution is 5.93. The number of hydrogen-bond acceptors (Lipinski definition) is 4. The summed E-state index contributed by atoms with van der Waals surface area (Å²) in [7, 11) is 0. The fourth-order valence-corrected chi connectivity index (χ4v) is 3.83. The number of anilines is 1. The highest BCUT2D eigenvalue weighted by Crippen LogP contribution is 2.18. The first-order valence-corrected chi connectivity index (χ1v) is 10.2. The summed E-state index contributed by atoms with van der Waals surface area (Å²) in [6.07, 6.45) is 5.87. The van der Waals surface area contributed by atoms with Gasteiger partial charge in [-0.1, -0.05) is 19.3 Å². The van der Waals surface area contributed by atoms with Gasteiger partial charge in [-0.3, -0.25) is 18.7 Å². The lowest BCUT2D eigenvalue weighted by Gasteiger charge is -2.22. The summed E-state index contributed by atoms with van der Waals surface area (Å²) in [5, 5.41) is 5.75. The number of carbonyl (C=O) groups is 2. The van der Waals surface area contributed by atoms with Crippen LogP contribution in [0.25, 0.3) is 11.2 Å². The Morgan fingerprint density at radius 3 is 2.39 bits per heavy atom. The van der Waals surface area contributed by atoms with E-state index in [1.807, 2.05) is 13.8 Å². The first-order chi connectivity index (χ1) is 13.5. The van der Waals surface area contributed by atoms with Crippen LogP contribution in [-0.4, -0.2) is 32.0 Å². The van der Waals surface area contributed by atoms with Crippen LogP contribution in [0.4, 0.5) is 5.82 Å². The smallest absolute Gasteiger partial charge is 0.330 e. The van der Waals surface area contributed by atoms with Crippen LogP contribution in [-0.2, 0) is 22.7 Å².